The molecule has 0 aliphatic heterocycles. The number of carboxylic acids is 1. The van der Waals surface area contributed by atoms with Crippen LogP contribution in [0.2, 0.25) is 0 Å². The molecular formula is C14H20N2O6. The summed E-state index contributed by atoms with van der Waals surface area (Å²) in [7, 11) is 0. The molecule has 22 heavy (non-hydrogen) atoms. The van der Waals surface area contributed by atoms with Crippen molar-refractivity contribution in [2.75, 3.05) is 6.54 Å². The van der Waals surface area contributed by atoms with Gasteiger partial charge in [0.15, 0.2) is 0 Å². The molecule has 0 spiro atoms. The molecule has 122 valence electrons. The molecule has 8 nitrogen and oxygen atoms in total. The van der Waals surface area contributed by atoms with Crippen molar-refractivity contribution in [2.24, 2.45) is 0 Å². The number of ether oxygens (including phenoxy) is 1. The topological polar surface area (TPSA) is 129 Å². The molecule has 1 aromatic heterocycles. The number of carbonyl (C=O) groups excluding carboxylic acids is 1. The molecule has 0 bridgehead atoms. The number of aliphatic hydroxyl groups is 2. The molecule has 1 aromatic rings. The predicted octanol–water partition coefficient (Wildman–Crippen LogP) is 0.699. The smallest absolute Gasteiger partial charge is 0.407 e. The standard InChI is InChI=1S/C14H20N2O6/c1-14(2,3)22-13(21)16-7-10(17)11(18)9-5-4-8(6-15-9)12(19)20/h4-6,10-11,17-18H,7H2,1-3H3,(H,16,21)(H,19,20). The number of pyridine rings is 1. The Kier molecular flexibility index (Phi) is 5.84. The van der Waals surface area contributed by atoms with Crippen LogP contribution < -0.4 is 5.32 Å². The quantitative estimate of drug-likeness (QED) is 0.629. The highest BCUT2D eigenvalue weighted by Crippen LogP contribution is 2.15. The van der Waals surface area contributed by atoms with Gasteiger partial charge in [-0.2, -0.15) is 0 Å². The molecule has 0 aromatic carbocycles. The average Bonchev–Trinajstić information content (AvgIpc) is 2.42. The second-order valence-corrected chi connectivity index (χ2v) is 5.67. The van der Waals surface area contributed by atoms with E-state index in [1.807, 2.05) is 0 Å². The van der Waals surface area contributed by atoms with Gasteiger partial charge >= 0.3 is 12.1 Å². The van der Waals surface area contributed by atoms with Crippen LogP contribution >= 0.6 is 0 Å². The number of nitrogens with zero attached hydrogens (tertiary/aromatic N) is 1. The minimum atomic E-state index is -1.36. The lowest BCUT2D eigenvalue weighted by Crippen LogP contribution is -2.39. The SMILES string of the molecule is CC(C)(C)OC(=O)NCC(O)C(O)c1ccc(C(=O)O)cn1. The summed E-state index contributed by atoms with van der Waals surface area (Å²) < 4.78 is 4.99. The van der Waals surface area contributed by atoms with Crippen molar-refractivity contribution in [3.63, 3.8) is 0 Å². The lowest BCUT2D eigenvalue weighted by Gasteiger charge is -2.22. The zero-order chi connectivity index (χ0) is 16.9. The third kappa shape index (κ3) is 5.66. The minimum absolute atomic E-state index is 0.0303. The number of amides is 1. The second-order valence-electron chi connectivity index (χ2n) is 5.67. The van der Waals surface area contributed by atoms with Crippen molar-refractivity contribution in [1.82, 2.24) is 10.3 Å². The molecule has 0 aliphatic rings. The summed E-state index contributed by atoms with van der Waals surface area (Å²) in [5.41, 5.74) is -0.595. The molecule has 2 unspecified atom stereocenters. The number of carbonyl (C=O) groups is 2. The third-order valence-electron chi connectivity index (χ3n) is 2.56. The number of aromatic carboxylic acids is 1. The zero-order valence-electron chi connectivity index (χ0n) is 12.6. The summed E-state index contributed by atoms with van der Waals surface area (Å²) in [6.07, 6.45) is -2.31. The van der Waals surface area contributed by atoms with E-state index >= 15 is 0 Å². The highest BCUT2D eigenvalue weighted by Gasteiger charge is 2.22. The number of carboxylic acid groups (broad SMARTS) is 1. The first kappa shape index (κ1) is 17.9. The number of nitrogens with one attached hydrogen (secondary N) is 1. The molecule has 0 saturated heterocycles. The van der Waals surface area contributed by atoms with E-state index in [9.17, 15) is 19.8 Å². The first-order chi connectivity index (χ1) is 10.1. The molecule has 4 N–H and O–H groups in total. The van der Waals surface area contributed by atoms with E-state index in [0.29, 0.717) is 0 Å². The van der Waals surface area contributed by atoms with Crippen molar-refractivity contribution in [3.8, 4) is 0 Å². The Morgan fingerprint density at radius 2 is 1.95 bits per heavy atom. The van der Waals surface area contributed by atoms with Crippen molar-refractivity contribution < 1.29 is 29.6 Å². The van der Waals surface area contributed by atoms with Crippen LogP contribution in [0.5, 0.6) is 0 Å². The van der Waals surface area contributed by atoms with Gasteiger partial charge in [-0.25, -0.2) is 9.59 Å². The molecular weight excluding hydrogens is 292 g/mol. The highest BCUT2D eigenvalue weighted by molar-refractivity contribution is 5.87. The van der Waals surface area contributed by atoms with E-state index in [2.05, 4.69) is 10.3 Å². The summed E-state index contributed by atoms with van der Waals surface area (Å²) in [5, 5.41) is 30.8. The molecule has 8 heteroatoms. The number of hydrogen-bond acceptors (Lipinski definition) is 6. The van der Waals surface area contributed by atoms with Crippen LogP contribution in [0.25, 0.3) is 0 Å². The average molecular weight is 312 g/mol. The summed E-state index contributed by atoms with van der Waals surface area (Å²) in [4.78, 5) is 25.9. The molecule has 0 aliphatic carbocycles. The lowest BCUT2D eigenvalue weighted by molar-refractivity contribution is 0.0108. The van der Waals surface area contributed by atoms with Crippen LogP contribution in [0.1, 0.15) is 42.9 Å². The molecule has 0 saturated carbocycles. The maximum absolute atomic E-state index is 11.4. The maximum Gasteiger partial charge on any atom is 0.407 e. The van der Waals surface area contributed by atoms with Gasteiger partial charge in [-0.05, 0) is 32.9 Å². The fourth-order valence-corrected chi connectivity index (χ4v) is 1.52. The normalized spacial score (nSPS) is 14.0. The fraction of sp³-hybridized carbons (Fsp3) is 0.500. The summed E-state index contributed by atoms with van der Waals surface area (Å²) in [6, 6.07) is 2.56. The summed E-state index contributed by atoms with van der Waals surface area (Å²) in [6.45, 7) is 4.86. The van der Waals surface area contributed by atoms with Gasteiger partial charge in [0.25, 0.3) is 0 Å². The van der Waals surface area contributed by atoms with Gasteiger partial charge in [-0.1, -0.05) is 0 Å². The number of aromatic nitrogens is 1. The zero-order valence-corrected chi connectivity index (χ0v) is 12.6. The lowest BCUT2D eigenvalue weighted by atomic mass is 10.1. The van der Waals surface area contributed by atoms with E-state index in [-0.39, 0.29) is 17.8 Å². The number of aliphatic hydroxyl groups excluding tert-OH is 2. The fourth-order valence-electron chi connectivity index (χ4n) is 1.52. The van der Waals surface area contributed by atoms with E-state index in [4.69, 9.17) is 9.84 Å². The van der Waals surface area contributed by atoms with Crippen LogP contribution in [0.4, 0.5) is 4.79 Å². The van der Waals surface area contributed by atoms with Crippen LogP contribution in [-0.2, 0) is 4.74 Å². The van der Waals surface area contributed by atoms with Crippen LogP contribution in [0.15, 0.2) is 18.3 Å². The maximum atomic E-state index is 11.4. The third-order valence-corrected chi connectivity index (χ3v) is 2.56. The van der Waals surface area contributed by atoms with Crippen molar-refractivity contribution >= 4 is 12.1 Å². The molecule has 1 heterocycles. The summed E-state index contributed by atoms with van der Waals surface area (Å²) in [5.74, 6) is -1.14. The monoisotopic (exact) mass is 312 g/mol. The van der Waals surface area contributed by atoms with Crippen molar-refractivity contribution in [1.29, 1.82) is 0 Å². The molecule has 1 amide bonds. The Bertz CT molecular complexity index is 523. The highest BCUT2D eigenvalue weighted by atomic mass is 16.6. The first-order valence-corrected chi connectivity index (χ1v) is 6.62. The van der Waals surface area contributed by atoms with Crippen LogP contribution in [0.3, 0.4) is 0 Å². The second kappa shape index (κ2) is 7.19. The van der Waals surface area contributed by atoms with Gasteiger partial charge in [-0.15, -0.1) is 0 Å². The van der Waals surface area contributed by atoms with E-state index in [1.165, 1.54) is 12.1 Å². The van der Waals surface area contributed by atoms with Gasteiger partial charge in [0.1, 0.15) is 17.8 Å². The number of rotatable bonds is 5. The van der Waals surface area contributed by atoms with Gasteiger partial charge in [0, 0.05) is 12.7 Å². The number of hydrogen-bond donors (Lipinski definition) is 4. The Labute approximate surface area is 127 Å². The van der Waals surface area contributed by atoms with Crippen molar-refractivity contribution in [2.45, 2.75) is 38.6 Å². The Morgan fingerprint density at radius 3 is 2.41 bits per heavy atom. The van der Waals surface area contributed by atoms with E-state index < -0.39 is 29.9 Å². The van der Waals surface area contributed by atoms with Crippen LogP contribution in [-0.4, -0.2) is 50.6 Å². The van der Waals surface area contributed by atoms with E-state index in [1.54, 1.807) is 20.8 Å². The van der Waals surface area contributed by atoms with Crippen molar-refractivity contribution in [3.05, 3.63) is 29.6 Å². The Balaban J connectivity index is 2.56. The number of alkyl carbamates (subject to hydrolysis) is 1. The molecule has 0 fully saturated rings. The molecule has 0 radical (unpaired) electrons. The van der Waals surface area contributed by atoms with Gasteiger partial charge in [-0.3, -0.25) is 4.98 Å². The van der Waals surface area contributed by atoms with Crippen LogP contribution in [0, 0.1) is 0 Å². The van der Waals surface area contributed by atoms with Gasteiger partial charge in [0.05, 0.1) is 11.3 Å². The first-order valence-electron chi connectivity index (χ1n) is 6.62. The predicted molar refractivity (Wildman–Crippen MR) is 76.4 cm³/mol. The molecule has 2 atom stereocenters. The van der Waals surface area contributed by atoms with E-state index in [0.717, 1.165) is 6.20 Å². The van der Waals surface area contributed by atoms with Gasteiger partial charge in [0.2, 0.25) is 0 Å². The minimum Gasteiger partial charge on any atom is -0.478 e. The Morgan fingerprint density at radius 1 is 1.32 bits per heavy atom. The summed E-state index contributed by atoms with van der Waals surface area (Å²) >= 11 is 0. The largest absolute Gasteiger partial charge is 0.478 e. The van der Waals surface area contributed by atoms with Gasteiger partial charge < -0.3 is 25.4 Å². The Hall–Kier alpha value is -2.19. The molecule has 1 rings (SSSR count).